The van der Waals surface area contributed by atoms with E-state index in [2.05, 4.69) is 30.9 Å². The van der Waals surface area contributed by atoms with Gasteiger partial charge in [0.25, 0.3) is 0 Å². The molecular weight excluding hydrogens is 266 g/mol. The molecule has 0 aliphatic carbocycles. The first-order chi connectivity index (χ1) is 9.98. The van der Waals surface area contributed by atoms with E-state index in [1.165, 1.54) is 5.69 Å². The molecule has 1 aromatic rings. The van der Waals surface area contributed by atoms with Gasteiger partial charge in [0.2, 0.25) is 0 Å². The molecule has 1 saturated heterocycles. The molecule has 1 N–H and O–H groups in total. The first kappa shape index (κ1) is 15.8. The Kier molecular flexibility index (Phi) is 5.23. The van der Waals surface area contributed by atoms with Gasteiger partial charge in [-0.2, -0.15) is 0 Å². The van der Waals surface area contributed by atoms with E-state index in [1.54, 1.807) is 0 Å². The van der Waals surface area contributed by atoms with Gasteiger partial charge in [-0.1, -0.05) is 18.2 Å². The van der Waals surface area contributed by atoms with Crippen molar-refractivity contribution in [3.8, 4) is 0 Å². The molecule has 0 bridgehead atoms. The number of anilines is 1. The van der Waals surface area contributed by atoms with Crippen molar-refractivity contribution in [3.05, 3.63) is 30.3 Å². The molecule has 1 fully saturated rings. The summed E-state index contributed by atoms with van der Waals surface area (Å²) in [5, 5.41) is 8.85. The lowest BCUT2D eigenvalue weighted by molar-refractivity contribution is -0.137. The van der Waals surface area contributed by atoms with Crippen molar-refractivity contribution in [2.75, 3.05) is 18.1 Å². The molecule has 4 nitrogen and oxygen atoms in total. The standard InChI is InChI=1S/C17H25NO3/c1-17(2)13-15(10-12-21-17)18(11-6-9-16(19)20)14-7-4-3-5-8-14/h3-5,7-8,15H,6,9-13H2,1-2H3,(H,19,20). The number of carbonyl (C=O) groups is 1. The van der Waals surface area contributed by atoms with E-state index in [-0.39, 0.29) is 12.0 Å². The second kappa shape index (κ2) is 6.94. The Hall–Kier alpha value is -1.55. The second-order valence-electron chi connectivity index (χ2n) is 6.28. The van der Waals surface area contributed by atoms with Gasteiger partial charge in [0.15, 0.2) is 0 Å². The molecule has 2 rings (SSSR count). The second-order valence-corrected chi connectivity index (χ2v) is 6.28. The lowest BCUT2D eigenvalue weighted by Gasteiger charge is -2.42. The van der Waals surface area contributed by atoms with Crippen LogP contribution in [0.2, 0.25) is 0 Å². The summed E-state index contributed by atoms with van der Waals surface area (Å²) in [7, 11) is 0. The van der Waals surface area contributed by atoms with Gasteiger partial charge in [0.05, 0.1) is 5.60 Å². The molecule has 1 aliphatic rings. The molecular formula is C17H25NO3. The largest absolute Gasteiger partial charge is 0.481 e. The van der Waals surface area contributed by atoms with Crippen LogP contribution in [0.15, 0.2) is 30.3 Å². The van der Waals surface area contributed by atoms with Gasteiger partial charge in [-0.05, 0) is 45.2 Å². The van der Waals surface area contributed by atoms with Gasteiger partial charge in [0.1, 0.15) is 0 Å². The van der Waals surface area contributed by atoms with Gasteiger partial charge < -0.3 is 14.7 Å². The fourth-order valence-electron chi connectivity index (χ4n) is 3.01. The highest BCUT2D eigenvalue weighted by Gasteiger charge is 2.32. The van der Waals surface area contributed by atoms with Gasteiger partial charge in [-0.25, -0.2) is 0 Å². The Morgan fingerprint density at radius 3 is 2.71 bits per heavy atom. The topological polar surface area (TPSA) is 49.8 Å². The molecule has 0 amide bonds. The molecule has 1 atom stereocenters. The Morgan fingerprint density at radius 2 is 2.10 bits per heavy atom. The normalized spacial score (nSPS) is 21.0. The lowest BCUT2D eigenvalue weighted by Crippen LogP contribution is -2.46. The molecule has 21 heavy (non-hydrogen) atoms. The van der Waals surface area contributed by atoms with Crippen LogP contribution in [0.5, 0.6) is 0 Å². The molecule has 0 spiro atoms. The van der Waals surface area contributed by atoms with Crippen molar-refractivity contribution in [2.45, 2.75) is 51.2 Å². The summed E-state index contributed by atoms with van der Waals surface area (Å²) >= 11 is 0. The lowest BCUT2D eigenvalue weighted by atomic mass is 9.92. The van der Waals surface area contributed by atoms with Gasteiger partial charge in [-0.3, -0.25) is 4.79 Å². The number of hydrogen-bond donors (Lipinski definition) is 1. The van der Waals surface area contributed by atoms with Gasteiger partial charge in [0, 0.05) is 31.3 Å². The molecule has 1 heterocycles. The molecule has 1 unspecified atom stereocenters. The van der Waals surface area contributed by atoms with Crippen molar-refractivity contribution < 1.29 is 14.6 Å². The van der Waals surface area contributed by atoms with Crippen LogP contribution in [-0.4, -0.2) is 35.9 Å². The summed E-state index contributed by atoms with van der Waals surface area (Å²) in [6.07, 6.45) is 2.85. The first-order valence-corrected chi connectivity index (χ1v) is 7.65. The molecule has 0 aromatic heterocycles. The van der Waals surface area contributed by atoms with E-state index in [1.807, 2.05) is 18.2 Å². The number of ether oxygens (including phenoxy) is 1. The molecule has 1 aliphatic heterocycles. The summed E-state index contributed by atoms with van der Waals surface area (Å²) in [6.45, 7) is 5.79. The minimum Gasteiger partial charge on any atom is -0.481 e. The van der Waals surface area contributed by atoms with Crippen molar-refractivity contribution in [2.24, 2.45) is 0 Å². The molecule has 0 radical (unpaired) electrons. The van der Waals surface area contributed by atoms with Crippen molar-refractivity contribution in [3.63, 3.8) is 0 Å². The summed E-state index contributed by atoms with van der Waals surface area (Å²) in [5.74, 6) is -0.727. The number of para-hydroxylation sites is 1. The summed E-state index contributed by atoms with van der Waals surface area (Å²) < 4.78 is 5.80. The fraction of sp³-hybridized carbons (Fsp3) is 0.588. The number of carboxylic acids is 1. The number of carboxylic acid groups (broad SMARTS) is 1. The van der Waals surface area contributed by atoms with Crippen LogP contribution < -0.4 is 4.90 Å². The monoisotopic (exact) mass is 291 g/mol. The molecule has 1 aromatic carbocycles. The summed E-state index contributed by atoms with van der Waals surface area (Å²) in [6, 6.07) is 10.7. The average Bonchev–Trinajstić information content (AvgIpc) is 2.43. The van der Waals surface area contributed by atoms with E-state index in [0.29, 0.717) is 12.5 Å². The van der Waals surface area contributed by atoms with Crippen LogP contribution in [0, 0.1) is 0 Å². The zero-order valence-corrected chi connectivity index (χ0v) is 12.9. The van der Waals surface area contributed by atoms with E-state index in [9.17, 15) is 4.79 Å². The Labute approximate surface area is 126 Å². The quantitative estimate of drug-likeness (QED) is 0.873. The van der Waals surface area contributed by atoms with Crippen LogP contribution >= 0.6 is 0 Å². The number of hydrogen-bond acceptors (Lipinski definition) is 3. The van der Waals surface area contributed by atoms with E-state index < -0.39 is 5.97 Å². The molecule has 0 saturated carbocycles. The van der Waals surface area contributed by atoms with Gasteiger partial charge >= 0.3 is 5.97 Å². The summed E-state index contributed by atoms with van der Waals surface area (Å²) in [4.78, 5) is 13.1. The average molecular weight is 291 g/mol. The fourth-order valence-corrected chi connectivity index (χ4v) is 3.01. The SMILES string of the molecule is CC1(C)CC(N(CCCC(=O)O)c2ccccc2)CCO1. The number of rotatable bonds is 6. The van der Waals surface area contributed by atoms with Crippen LogP contribution in [0.4, 0.5) is 5.69 Å². The van der Waals surface area contributed by atoms with Gasteiger partial charge in [-0.15, -0.1) is 0 Å². The highest BCUT2D eigenvalue weighted by atomic mass is 16.5. The number of benzene rings is 1. The smallest absolute Gasteiger partial charge is 0.303 e. The third-order valence-corrected chi connectivity index (χ3v) is 3.99. The van der Waals surface area contributed by atoms with Crippen LogP contribution in [0.3, 0.4) is 0 Å². The zero-order chi connectivity index (χ0) is 15.3. The first-order valence-electron chi connectivity index (χ1n) is 7.65. The zero-order valence-electron chi connectivity index (χ0n) is 12.9. The third kappa shape index (κ3) is 4.74. The number of nitrogens with zero attached hydrogens (tertiary/aromatic N) is 1. The van der Waals surface area contributed by atoms with Crippen LogP contribution in [0.1, 0.15) is 39.5 Å². The van der Waals surface area contributed by atoms with Crippen molar-refractivity contribution in [1.29, 1.82) is 0 Å². The van der Waals surface area contributed by atoms with Crippen LogP contribution in [-0.2, 0) is 9.53 Å². The predicted molar refractivity (Wildman–Crippen MR) is 83.7 cm³/mol. The maximum atomic E-state index is 10.8. The van der Waals surface area contributed by atoms with E-state index >= 15 is 0 Å². The minimum atomic E-state index is -0.727. The van der Waals surface area contributed by atoms with Crippen molar-refractivity contribution in [1.82, 2.24) is 0 Å². The minimum absolute atomic E-state index is 0.108. The third-order valence-electron chi connectivity index (χ3n) is 3.99. The summed E-state index contributed by atoms with van der Waals surface area (Å²) in [5.41, 5.74) is 1.06. The Morgan fingerprint density at radius 1 is 1.38 bits per heavy atom. The number of aliphatic carboxylic acids is 1. The molecule has 116 valence electrons. The maximum absolute atomic E-state index is 10.8. The maximum Gasteiger partial charge on any atom is 0.303 e. The predicted octanol–water partition coefficient (Wildman–Crippen LogP) is 3.32. The molecule has 4 heteroatoms. The van der Waals surface area contributed by atoms with Crippen molar-refractivity contribution >= 4 is 11.7 Å². The Balaban J connectivity index is 2.09. The van der Waals surface area contributed by atoms with E-state index in [4.69, 9.17) is 9.84 Å². The van der Waals surface area contributed by atoms with E-state index in [0.717, 1.165) is 26.0 Å². The van der Waals surface area contributed by atoms with Crippen LogP contribution in [0.25, 0.3) is 0 Å². The Bertz CT molecular complexity index is 458. The highest BCUT2D eigenvalue weighted by Crippen LogP contribution is 2.30. The highest BCUT2D eigenvalue weighted by molar-refractivity contribution is 5.66.